The molecule has 0 N–H and O–H groups in total. The molecule has 5 heteroatoms. The van der Waals surface area contributed by atoms with Gasteiger partial charge in [0.15, 0.2) is 11.9 Å². The average Bonchev–Trinajstić information content (AvgIpc) is 2.97. The van der Waals surface area contributed by atoms with E-state index in [1.165, 1.54) is 7.11 Å². The molecule has 1 heterocycles. The maximum Gasteiger partial charge on any atom is 0.346 e. The molecule has 0 saturated heterocycles. The largest absolute Gasteiger partial charge is 0.479 e. The van der Waals surface area contributed by atoms with Crippen LogP contribution < -0.4 is 9.47 Å². The second-order valence-corrected chi connectivity index (χ2v) is 5.67. The molecule has 26 heavy (non-hydrogen) atoms. The number of allylic oxidation sites excluding steroid dienone is 3. The topological polar surface area (TPSA) is 61.8 Å². The molecule has 2 aromatic carbocycles. The number of hydrogen-bond acceptors (Lipinski definition) is 5. The molecule has 0 amide bonds. The number of carbonyl (C=O) groups excluding carboxylic acids is 2. The summed E-state index contributed by atoms with van der Waals surface area (Å²) in [5.41, 5.74) is 1.49. The quantitative estimate of drug-likeness (QED) is 0.606. The summed E-state index contributed by atoms with van der Waals surface area (Å²) in [6.45, 7) is 1.59. The lowest BCUT2D eigenvalue weighted by Gasteiger charge is -2.12. The van der Waals surface area contributed by atoms with Crippen molar-refractivity contribution >= 4 is 17.8 Å². The normalized spacial score (nSPS) is 15.6. The van der Waals surface area contributed by atoms with E-state index in [1.807, 2.05) is 36.4 Å². The Morgan fingerprint density at radius 2 is 1.92 bits per heavy atom. The molecule has 2 aromatic rings. The third-order valence-corrected chi connectivity index (χ3v) is 3.82. The fraction of sp³-hybridized carbons (Fsp3) is 0.143. The van der Waals surface area contributed by atoms with Gasteiger partial charge >= 0.3 is 5.97 Å². The van der Waals surface area contributed by atoms with Crippen LogP contribution in [-0.2, 0) is 9.53 Å². The lowest BCUT2D eigenvalue weighted by atomic mass is 10.1. The van der Waals surface area contributed by atoms with Crippen molar-refractivity contribution in [1.29, 1.82) is 0 Å². The van der Waals surface area contributed by atoms with Gasteiger partial charge in [0.1, 0.15) is 11.5 Å². The number of fused-ring (bicyclic) bond motifs is 1. The first kappa shape index (κ1) is 17.5. The van der Waals surface area contributed by atoms with Gasteiger partial charge in [-0.3, -0.25) is 4.79 Å². The van der Waals surface area contributed by atoms with E-state index in [2.05, 4.69) is 4.74 Å². The molecule has 0 aliphatic carbocycles. The number of hydrogen-bond donors (Lipinski definition) is 0. The van der Waals surface area contributed by atoms with Crippen LogP contribution in [0.15, 0.2) is 66.4 Å². The van der Waals surface area contributed by atoms with Crippen LogP contribution in [0, 0.1) is 0 Å². The Bertz CT molecular complexity index is 881. The van der Waals surface area contributed by atoms with Gasteiger partial charge in [0.25, 0.3) is 0 Å². The van der Waals surface area contributed by atoms with E-state index in [9.17, 15) is 9.59 Å². The number of rotatable bonds is 5. The fourth-order valence-electron chi connectivity index (χ4n) is 2.48. The minimum atomic E-state index is -0.751. The van der Waals surface area contributed by atoms with Gasteiger partial charge in [-0.05, 0) is 30.7 Å². The van der Waals surface area contributed by atoms with Crippen molar-refractivity contribution in [3.05, 3.63) is 77.6 Å². The number of carbonyl (C=O) groups is 2. The average molecular weight is 350 g/mol. The molecule has 1 atom stereocenters. The molecule has 0 saturated carbocycles. The van der Waals surface area contributed by atoms with E-state index in [4.69, 9.17) is 9.47 Å². The van der Waals surface area contributed by atoms with Crippen LogP contribution >= 0.6 is 0 Å². The van der Waals surface area contributed by atoms with Crippen LogP contribution in [-0.4, -0.2) is 25.0 Å². The summed E-state index contributed by atoms with van der Waals surface area (Å²) in [7, 11) is 1.30. The standard InChI is InChI=1S/C21H18O5/c1-14(21(23)24-2)25-16-11-12-17-19(13-16)26-18(20(17)22)10-6-9-15-7-4-3-5-8-15/h3-14H,1-2H3/b9-6+,18-10-/t14-/m1/s1. The Kier molecular flexibility index (Phi) is 5.17. The van der Waals surface area contributed by atoms with Gasteiger partial charge in [0.2, 0.25) is 5.78 Å². The first-order valence-electron chi connectivity index (χ1n) is 8.13. The van der Waals surface area contributed by atoms with Gasteiger partial charge in [-0.1, -0.05) is 42.5 Å². The molecule has 0 unspecified atom stereocenters. The maximum atomic E-state index is 12.4. The Morgan fingerprint density at radius 1 is 1.15 bits per heavy atom. The van der Waals surface area contributed by atoms with Gasteiger partial charge in [-0.25, -0.2) is 4.79 Å². The Hall–Kier alpha value is -3.34. The summed E-state index contributed by atoms with van der Waals surface area (Å²) < 4.78 is 15.8. The molecule has 132 valence electrons. The second-order valence-electron chi connectivity index (χ2n) is 5.67. The molecule has 1 aliphatic rings. The Labute approximate surface area is 151 Å². The smallest absolute Gasteiger partial charge is 0.346 e. The van der Waals surface area contributed by atoms with Gasteiger partial charge in [0.05, 0.1) is 12.7 Å². The molecule has 0 fully saturated rings. The zero-order valence-electron chi connectivity index (χ0n) is 14.5. The van der Waals surface area contributed by atoms with Crippen LogP contribution in [0.25, 0.3) is 6.08 Å². The van der Waals surface area contributed by atoms with Crippen molar-refractivity contribution < 1.29 is 23.8 Å². The van der Waals surface area contributed by atoms with Crippen LogP contribution in [0.3, 0.4) is 0 Å². The maximum absolute atomic E-state index is 12.4. The number of esters is 1. The molecule has 0 aromatic heterocycles. The van der Waals surface area contributed by atoms with Crippen LogP contribution in [0.5, 0.6) is 11.5 Å². The SMILES string of the molecule is COC(=O)[C@@H](C)Oc1ccc2c(c1)O/C(=C\C=C\c1ccccc1)C2=O. The third-order valence-electron chi connectivity index (χ3n) is 3.82. The number of ketones is 1. The molecule has 0 bridgehead atoms. The highest BCUT2D eigenvalue weighted by Gasteiger charge is 2.27. The van der Waals surface area contributed by atoms with E-state index in [1.54, 1.807) is 37.3 Å². The van der Waals surface area contributed by atoms with Gasteiger partial charge in [-0.15, -0.1) is 0 Å². The van der Waals surface area contributed by atoms with E-state index < -0.39 is 12.1 Å². The zero-order valence-corrected chi connectivity index (χ0v) is 14.5. The summed E-state index contributed by atoms with van der Waals surface area (Å²) in [6, 6.07) is 14.6. The van der Waals surface area contributed by atoms with E-state index in [0.29, 0.717) is 17.1 Å². The number of ether oxygens (including phenoxy) is 3. The van der Waals surface area contributed by atoms with Crippen LogP contribution in [0.4, 0.5) is 0 Å². The van der Waals surface area contributed by atoms with E-state index in [0.717, 1.165) is 5.56 Å². The first-order chi connectivity index (χ1) is 12.6. The van der Waals surface area contributed by atoms with Crippen molar-refractivity contribution in [2.75, 3.05) is 7.11 Å². The van der Waals surface area contributed by atoms with Gasteiger partial charge < -0.3 is 14.2 Å². The molecule has 0 radical (unpaired) electrons. The summed E-state index contributed by atoms with van der Waals surface area (Å²) in [5.74, 6) is 0.407. The molecule has 1 aliphatic heterocycles. The highest BCUT2D eigenvalue weighted by molar-refractivity contribution is 6.12. The zero-order chi connectivity index (χ0) is 18.5. The van der Waals surface area contributed by atoms with Crippen molar-refractivity contribution in [3.8, 4) is 11.5 Å². The Morgan fingerprint density at radius 3 is 2.65 bits per heavy atom. The predicted molar refractivity (Wildman–Crippen MR) is 97.1 cm³/mol. The summed E-state index contributed by atoms with van der Waals surface area (Å²) in [4.78, 5) is 23.8. The molecule has 0 spiro atoms. The fourth-order valence-corrected chi connectivity index (χ4v) is 2.48. The van der Waals surface area contributed by atoms with E-state index in [-0.39, 0.29) is 11.5 Å². The van der Waals surface area contributed by atoms with E-state index >= 15 is 0 Å². The summed E-state index contributed by atoms with van der Waals surface area (Å²) in [6.07, 6.45) is 4.54. The van der Waals surface area contributed by atoms with Gasteiger partial charge in [-0.2, -0.15) is 0 Å². The molecule has 5 nitrogen and oxygen atoms in total. The highest BCUT2D eigenvalue weighted by Crippen LogP contribution is 2.34. The van der Waals surface area contributed by atoms with Crippen LogP contribution in [0.1, 0.15) is 22.8 Å². The number of Topliss-reactive ketones (excluding diaryl/α,β-unsaturated/α-hetero) is 1. The van der Waals surface area contributed by atoms with Crippen LogP contribution in [0.2, 0.25) is 0 Å². The lowest BCUT2D eigenvalue weighted by Crippen LogP contribution is -2.24. The molecular weight excluding hydrogens is 332 g/mol. The molecule has 3 rings (SSSR count). The second kappa shape index (κ2) is 7.70. The van der Waals surface area contributed by atoms with Crippen molar-refractivity contribution in [1.82, 2.24) is 0 Å². The van der Waals surface area contributed by atoms with Crippen molar-refractivity contribution in [2.45, 2.75) is 13.0 Å². The number of methoxy groups -OCH3 is 1. The predicted octanol–water partition coefficient (Wildman–Crippen LogP) is 3.80. The van der Waals surface area contributed by atoms with Gasteiger partial charge in [0, 0.05) is 6.07 Å². The number of benzene rings is 2. The summed E-state index contributed by atoms with van der Waals surface area (Å²) in [5, 5.41) is 0. The van der Waals surface area contributed by atoms with Crippen molar-refractivity contribution in [2.24, 2.45) is 0 Å². The highest BCUT2D eigenvalue weighted by atomic mass is 16.6. The van der Waals surface area contributed by atoms with Crippen molar-refractivity contribution in [3.63, 3.8) is 0 Å². The lowest BCUT2D eigenvalue weighted by molar-refractivity contribution is -0.147. The minimum Gasteiger partial charge on any atom is -0.479 e. The molecular formula is C21H18O5. The Balaban J connectivity index is 1.73. The summed E-state index contributed by atoms with van der Waals surface area (Å²) >= 11 is 0. The minimum absolute atomic E-state index is 0.190. The third kappa shape index (κ3) is 3.83. The first-order valence-corrected chi connectivity index (χ1v) is 8.13. The monoisotopic (exact) mass is 350 g/mol.